The Kier molecular flexibility index (Phi) is 3.99. The van der Waals surface area contributed by atoms with Gasteiger partial charge in [0, 0.05) is 32.0 Å². The van der Waals surface area contributed by atoms with Gasteiger partial charge in [-0.1, -0.05) is 24.3 Å². The first-order valence-corrected chi connectivity index (χ1v) is 9.57. The van der Waals surface area contributed by atoms with Crippen LogP contribution in [0, 0.1) is 0 Å². The molecule has 0 spiro atoms. The molecule has 7 heteroatoms. The molecule has 2 aliphatic rings. The van der Waals surface area contributed by atoms with Gasteiger partial charge in [0.2, 0.25) is 11.6 Å². The molecule has 1 aliphatic carbocycles. The second-order valence-electron chi connectivity index (χ2n) is 7.40. The predicted octanol–water partition coefficient (Wildman–Crippen LogP) is 2.74. The van der Waals surface area contributed by atoms with E-state index < -0.39 is 0 Å². The molecule has 138 valence electrons. The fourth-order valence-electron chi connectivity index (χ4n) is 3.71. The third kappa shape index (κ3) is 3.25. The average molecular weight is 362 g/mol. The van der Waals surface area contributed by atoms with E-state index in [0.717, 1.165) is 30.0 Å². The van der Waals surface area contributed by atoms with Gasteiger partial charge < -0.3 is 10.2 Å². The van der Waals surface area contributed by atoms with Gasteiger partial charge in [-0.25, -0.2) is 0 Å². The van der Waals surface area contributed by atoms with Crippen molar-refractivity contribution in [2.75, 3.05) is 11.9 Å². The second kappa shape index (κ2) is 6.64. The lowest BCUT2D eigenvalue weighted by Gasteiger charge is -2.18. The molecule has 1 N–H and O–H groups in total. The number of carbonyl (C=O) groups excluding carboxylic acids is 1. The molecular weight excluding hydrogens is 340 g/mol. The maximum absolute atomic E-state index is 12.0. The van der Waals surface area contributed by atoms with Gasteiger partial charge in [-0.3, -0.25) is 4.79 Å². The lowest BCUT2D eigenvalue weighted by atomic mass is 10.1. The largest absolute Gasteiger partial charge is 0.378 e. The number of hydrogen-bond acceptors (Lipinski definition) is 5. The molecule has 1 saturated carbocycles. The average Bonchev–Trinajstić information content (AvgIpc) is 3.30. The molecule has 0 bridgehead atoms. The van der Waals surface area contributed by atoms with E-state index in [2.05, 4.69) is 38.8 Å². The van der Waals surface area contributed by atoms with Crippen LogP contribution in [0.5, 0.6) is 0 Å². The Morgan fingerprint density at radius 3 is 2.81 bits per heavy atom. The molecule has 0 radical (unpaired) electrons. The first-order chi connectivity index (χ1) is 13.3. The van der Waals surface area contributed by atoms with Crippen molar-refractivity contribution < 1.29 is 4.79 Å². The van der Waals surface area contributed by atoms with Crippen LogP contribution < -0.4 is 5.32 Å². The molecule has 1 aliphatic heterocycles. The Bertz CT molecular complexity index is 993. The predicted molar refractivity (Wildman–Crippen MR) is 101 cm³/mol. The van der Waals surface area contributed by atoms with Gasteiger partial charge in [-0.2, -0.15) is 9.61 Å². The normalized spacial score (nSPS) is 17.0. The van der Waals surface area contributed by atoms with Gasteiger partial charge in [0.15, 0.2) is 0 Å². The van der Waals surface area contributed by atoms with Gasteiger partial charge in [0.05, 0.1) is 11.4 Å². The van der Waals surface area contributed by atoms with E-state index >= 15 is 0 Å². The van der Waals surface area contributed by atoms with Crippen LogP contribution in [0.2, 0.25) is 0 Å². The first-order valence-electron chi connectivity index (χ1n) is 9.57. The van der Waals surface area contributed by atoms with Crippen molar-refractivity contribution in [3.8, 4) is 0 Å². The quantitative estimate of drug-likeness (QED) is 0.730. The van der Waals surface area contributed by atoms with Crippen LogP contribution in [0.1, 0.15) is 48.4 Å². The summed E-state index contributed by atoms with van der Waals surface area (Å²) in [4.78, 5) is 13.9. The Morgan fingerprint density at radius 2 is 2.04 bits per heavy atom. The number of aromatic nitrogens is 4. The maximum Gasteiger partial charge on any atom is 0.222 e. The van der Waals surface area contributed by atoms with Crippen LogP contribution in [0.15, 0.2) is 36.7 Å². The van der Waals surface area contributed by atoms with Crippen molar-refractivity contribution in [2.24, 2.45) is 0 Å². The van der Waals surface area contributed by atoms with Crippen LogP contribution >= 0.6 is 0 Å². The molecule has 5 rings (SSSR count). The van der Waals surface area contributed by atoms with Gasteiger partial charge in [0.1, 0.15) is 6.33 Å². The van der Waals surface area contributed by atoms with E-state index in [4.69, 9.17) is 0 Å². The topological polar surface area (TPSA) is 75.4 Å². The molecule has 1 aromatic carbocycles. The van der Waals surface area contributed by atoms with Crippen LogP contribution in [0.3, 0.4) is 0 Å². The highest BCUT2D eigenvalue weighted by molar-refractivity contribution is 5.78. The summed E-state index contributed by atoms with van der Waals surface area (Å²) in [6.07, 6.45) is 5.69. The van der Waals surface area contributed by atoms with E-state index in [0.29, 0.717) is 25.4 Å². The minimum atomic E-state index is 0.256. The highest BCUT2D eigenvalue weighted by atomic mass is 16.2. The molecule has 7 nitrogen and oxygen atoms in total. The van der Waals surface area contributed by atoms with Crippen molar-refractivity contribution in [1.82, 2.24) is 24.7 Å². The molecule has 0 atom stereocenters. The monoisotopic (exact) mass is 362 g/mol. The van der Waals surface area contributed by atoms with Gasteiger partial charge in [-0.05, 0) is 36.5 Å². The summed E-state index contributed by atoms with van der Waals surface area (Å²) in [5.74, 6) is 0.817. The number of nitrogens with one attached hydrogen (secondary N) is 1. The smallest absolute Gasteiger partial charge is 0.222 e. The van der Waals surface area contributed by atoms with Gasteiger partial charge in [0.25, 0.3) is 0 Å². The van der Waals surface area contributed by atoms with Crippen LogP contribution in [-0.4, -0.2) is 37.2 Å². The molecule has 3 heterocycles. The number of amides is 1. The fraction of sp³-hybridized carbons (Fsp3) is 0.400. The maximum atomic E-state index is 12.0. The number of anilines is 1. The van der Waals surface area contributed by atoms with Crippen LogP contribution in [0.4, 0.5) is 5.69 Å². The number of rotatable bonds is 6. The van der Waals surface area contributed by atoms with E-state index in [-0.39, 0.29) is 5.91 Å². The zero-order valence-electron chi connectivity index (χ0n) is 15.1. The van der Waals surface area contributed by atoms with Gasteiger partial charge in [-0.15, -0.1) is 10.2 Å². The zero-order chi connectivity index (χ0) is 18.2. The second-order valence-corrected chi connectivity index (χ2v) is 7.40. The summed E-state index contributed by atoms with van der Waals surface area (Å²) in [6, 6.07) is 10.4. The molecule has 1 amide bonds. The SMILES string of the molecule is O=C1CCCN1Cc1ccccc1CNc1cc(C2CC2)nn2cnnc12. The van der Waals surface area contributed by atoms with Crippen molar-refractivity contribution in [3.63, 3.8) is 0 Å². The first kappa shape index (κ1) is 16.2. The van der Waals surface area contributed by atoms with Crippen molar-refractivity contribution >= 4 is 17.2 Å². The van der Waals surface area contributed by atoms with E-state index in [1.165, 1.54) is 24.0 Å². The molecule has 0 unspecified atom stereocenters. The molecule has 2 fully saturated rings. The van der Waals surface area contributed by atoms with Crippen molar-refractivity contribution in [1.29, 1.82) is 0 Å². The number of likely N-dealkylation sites (tertiary alicyclic amines) is 1. The third-order valence-electron chi connectivity index (χ3n) is 5.40. The Morgan fingerprint density at radius 1 is 1.19 bits per heavy atom. The molecule has 2 aromatic heterocycles. The summed E-state index contributed by atoms with van der Waals surface area (Å²) in [6.45, 7) is 2.21. The number of benzene rings is 1. The van der Waals surface area contributed by atoms with Crippen LogP contribution in [-0.2, 0) is 17.9 Å². The van der Waals surface area contributed by atoms with Crippen molar-refractivity contribution in [2.45, 2.75) is 44.7 Å². The van der Waals surface area contributed by atoms with E-state index in [1.807, 2.05) is 17.0 Å². The fourth-order valence-corrected chi connectivity index (χ4v) is 3.71. The zero-order valence-corrected chi connectivity index (χ0v) is 15.1. The minimum Gasteiger partial charge on any atom is -0.378 e. The van der Waals surface area contributed by atoms with Gasteiger partial charge >= 0.3 is 0 Å². The van der Waals surface area contributed by atoms with Crippen LogP contribution in [0.25, 0.3) is 5.65 Å². The summed E-state index contributed by atoms with van der Waals surface area (Å²) in [7, 11) is 0. The molecule has 1 saturated heterocycles. The van der Waals surface area contributed by atoms with Crippen molar-refractivity contribution in [3.05, 3.63) is 53.5 Å². The number of fused-ring (bicyclic) bond motifs is 1. The highest BCUT2D eigenvalue weighted by Crippen LogP contribution is 2.40. The lowest BCUT2D eigenvalue weighted by Crippen LogP contribution is -2.24. The lowest BCUT2D eigenvalue weighted by molar-refractivity contribution is -0.128. The van der Waals surface area contributed by atoms with E-state index in [1.54, 1.807) is 10.8 Å². The highest BCUT2D eigenvalue weighted by Gasteiger charge is 2.26. The number of hydrogen-bond donors (Lipinski definition) is 1. The molecular formula is C20H22N6O. The number of nitrogens with zero attached hydrogens (tertiary/aromatic N) is 5. The standard InChI is InChI=1S/C20H22N6O/c27-19-6-3-9-25(19)12-16-5-2-1-4-15(16)11-21-18-10-17(14-7-8-14)24-26-13-22-23-20(18)26/h1-2,4-5,10,13-14,21H,3,6-9,11-12H2. The summed E-state index contributed by atoms with van der Waals surface area (Å²) in [5.41, 5.74) is 5.18. The molecule has 3 aromatic rings. The Balaban J connectivity index is 1.38. The summed E-state index contributed by atoms with van der Waals surface area (Å²) in [5, 5.41) is 16.3. The number of carbonyl (C=O) groups is 1. The molecule has 27 heavy (non-hydrogen) atoms. The van der Waals surface area contributed by atoms with E-state index in [9.17, 15) is 4.79 Å². The Labute approximate surface area is 157 Å². The minimum absolute atomic E-state index is 0.256. The Hall–Kier alpha value is -2.96. The summed E-state index contributed by atoms with van der Waals surface area (Å²) < 4.78 is 1.75. The summed E-state index contributed by atoms with van der Waals surface area (Å²) >= 11 is 0. The third-order valence-corrected chi connectivity index (χ3v) is 5.40.